The maximum absolute atomic E-state index is 14.4. The molecule has 2 N–H and O–H groups in total. The first kappa shape index (κ1) is 20.7. The van der Waals surface area contributed by atoms with Crippen LogP contribution in [0.5, 0.6) is 5.75 Å². The van der Waals surface area contributed by atoms with Crippen LogP contribution < -0.4 is 10.1 Å². The van der Waals surface area contributed by atoms with Crippen molar-refractivity contribution in [3.63, 3.8) is 0 Å². The lowest BCUT2D eigenvalue weighted by atomic mass is 9.84. The highest BCUT2D eigenvalue weighted by Crippen LogP contribution is 2.43. The van der Waals surface area contributed by atoms with Gasteiger partial charge in [0.25, 0.3) is 0 Å². The molecule has 0 spiro atoms. The molecule has 0 unspecified atom stereocenters. The van der Waals surface area contributed by atoms with Crippen LogP contribution in [0.3, 0.4) is 0 Å². The summed E-state index contributed by atoms with van der Waals surface area (Å²) in [6.45, 7) is 2.87. The van der Waals surface area contributed by atoms with Gasteiger partial charge in [-0.2, -0.15) is 0 Å². The Morgan fingerprint density at radius 1 is 1.38 bits per heavy atom. The fourth-order valence-corrected chi connectivity index (χ4v) is 4.66. The molecule has 32 heavy (non-hydrogen) atoms. The number of benzene rings is 1. The number of nitrogens with one attached hydrogen (secondary N) is 1. The molecule has 0 saturated heterocycles. The molecule has 1 aromatic heterocycles. The van der Waals surface area contributed by atoms with E-state index in [1.807, 2.05) is 11.0 Å². The minimum Gasteiger partial charge on any atom is -0.494 e. The lowest BCUT2D eigenvalue weighted by molar-refractivity contribution is -0.163. The Bertz CT molecular complexity index is 1210. The fraction of sp³-hybridized carbons (Fsp3) is 0.391. The van der Waals surface area contributed by atoms with Crippen LogP contribution in [0, 0.1) is 5.82 Å². The van der Waals surface area contributed by atoms with E-state index in [-0.39, 0.29) is 25.4 Å². The van der Waals surface area contributed by atoms with Gasteiger partial charge in [0, 0.05) is 36.2 Å². The van der Waals surface area contributed by atoms with Crippen molar-refractivity contribution in [2.45, 2.75) is 25.5 Å². The van der Waals surface area contributed by atoms with Gasteiger partial charge in [0.05, 0.1) is 36.3 Å². The lowest BCUT2D eigenvalue weighted by Gasteiger charge is -2.35. The molecule has 0 aliphatic carbocycles. The van der Waals surface area contributed by atoms with Gasteiger partial charge in [-0.3, -0.25) is 0 Å². The predicted molar refractivity (Wildman–Crippen MR) is 115 cm³/mol. The third kappa shape index (κ3) is 2.88. The summed E-state index contributed by atoms with van der Waals surface area (Å²) < 4.78 is 30.7. The minimum absolute atomic E-state index is 0.0744. The molecule has 8 nitrogen and oxygen atoms in total. The Hall–Kier alpha value is -3.17. The smallest absolute Gasteiger partial charge is 0.343 e. The molecule has 0 saturated carbocycles. The number of carbonyl (C=O) groups excluding carboxylic acids is 1. The maximum atomic E-state index is 14.4. The Kier molecular flexibility index (Phi) is 4.83. The summed E-state index contributed by atoms with van der Waals surface area (Å²) in [4.78, 5) is 19.2. The second-order valence-electron chi connectivity index (χ2n) is 8.08. The van der Waals surface area contributed by atoms with Crippen molar-refractivity contribution in [1.82, 2.24) is 9.88 Å². The molecular formula is C23H24FN3O5. The van der Waals surface area contributed by atoms with Crippen molar-refractivity contribution in [2.24, 2.45) is 0 Å². The topological polar surface area (TPSA) is 93.2 Å². The number of pyridine rings is 1. The summed E-state index contributed by atoms with van der Waals surface area (Å²) in [5, 5.41) is 15.1. The lowest BCUT2D eigenvalue weighted by Crippen LogP contribution is -2.46. The number of rotatable bonds is 3. The van der Waals surface area contributed by atoms with Gasteiger partial charge in [0.1, 0.15) is 13.3 Å². The molecular weight excluding hydrogens is 417 g/mol. The molecule has 5 rings (SSSR count). The number of nitrogens with zero attached hydrogens (tertiary/aromatic N) is 2. The zero-order valence-corrected chi connectivity index (χ0v) is 18.1. The summed E-state index contributed by atoms with van der Waals surface area (Å²) in [5.74, 6) is -1.02. The molecule has 4 heterocycles. The van der Waals surface area contributed by atoms with E-state index in [0.29, 0.717) is 35.8 Å². The van der Waals surface area contributed by atoms with Crippen LogP contribution in [0.1, 0.15) is 24.6 Å². The van der Waals surface area contributed by atoms with Crippen LogP contribution in [0.2, 0.25) is 0 Å². The third-order valence-electron chi connectivity index (χ3n) is 6.40. The molecule has 1 atom stereocenters. The van der Waals surface area contributed by atoms with Crippen molar-refractivity contribution in [2.75, 3.05) is 39.4 Å². The van der Waals surface area contributed by atoms with Crippen molar-refractivity contribution in [3.8, 4) is 5.75 Å². The van der Waals surface area contributed by atoms with Crippen molar-refractivity contribution in [1.29, 1.82) is 0 Å². The molecule has 3 aliphatic heterocycles. The quantitative estimate of drug-likeness (QED) is 0.703. The van der Waals surface area contributed by atoms with Crippen LogP contribution in [0.15, 0.2) is 29.4 Å². The van der Waals surface area contributed by atoms with E-state index >= 15 is 0 Å². The van der Waals surface area contributed by atoms with E-state index < -0.39 is 17.4 Å². The largest absolute Gasteiger partial charge is 0.494 e. The highest BCUT2D eigenvalue weighted by Gasteiger charge is 2.45. The second-order valence-corrected chi connectivity index (χ2v) is 8.08. The number of halogens is 1. The molecule has 168 valence electrons. The van der Waals surface area contributed by atoms with Gasteiger partial charge in [0.15, 0.2) is 17.2 Å². The number of carbonyl (C=O) groups is 1. The Balaban J connectivity index is 1.76. The van der Waals surface area contributed by atoms with E-state index in [0.717, 1.165) is 22.2 Å². The fourth-order valence-electron chi connectivity index (χ4n) is 4.66. The summed E-state index contributed by atoms with van der Waals surface area (Å²) in [6, 6.07) is 2.99. The zero-order valence-electron chi connectivity index (χ0n) is 18.1. The van der Waals surface area contributed by atoms with E-state index in [4.69, 9.17) is 19.2 Å². The molecule has 0 radical (unpaired) electrons. The van der Waals surface area contributed by atoms with Crippen LogP contribution in [0.25, 0.3) is 16.6 Å². The molecule has 2 aromatic rings. The first-order valence-corrected chi connectivity index (χ1v) is 10.5. The van der Waals surface area contributed by atoms with Gasteiger partial charge in [-0.15, -0.1) is 0 Å². The monoisotopic (exact) mass is 441 g/mol. The first-order valence-electron chi connectivity index (χ1n) is 10.5. The van der Waals surface area contributed by atoms with Gasteiger partial charge in [-0.05, 0) is 24.1 Å². The summed E-state index contributed by atoms with van der Waals surface area (Å²) in [7, 11) is 3.23. The number of aliphatic hydroxyl groups is 1. The normalized spacial score (nSPS) is 24.1. The van der Waals surface area contributed by atoms with Crippen molar-refractivity contribution in [3.05, 3.63) is 46.4 Å². The molecule has 9 heteroatoms. The number of anilines is 1. The highest BCUT2D eigenvalue weighted by atomic mass is 19.1. The van der Waals surface area contributed by atoms with E-state index in [1.54, 1.807) is 20.0 Å². The third-order valence-corrected chi connectivity index (χ3v) is 6.40. The van der Waals surface area contributed by atoms with Gasteiger partial charge in [-0.1, -0.05) is 6.92 Å². The van der Waals surface area contributed by atoms with Gasteiger partial charge < -0.3 is 29.5 Å². The number of cyclic esters (lactones) is 1. The number of aromatic nitrogens is 1. The average molecular weight is 441 g/mol. The minimum atomic E-state index is -1.75. The Morgan fingerprint density at radius 3 is 2.91 bits per heavy atom. The Morgan fingerprint density at radius 2 is 2.19 bits per heavy atom. The average Bonchev–Trinajstić information content (AvgIpc) is 3.10. The number of ether oxygens (including phenoxy) is 3. The van der Waals surface area contributed by atoms with E-state index in [9.17, 15) is 14.3 Å². The van der Waals surface area contributed by atoms with Crippen LogP contribution in [0.4, 0.5) is 10.1 Å². The van der Waals surface area contributed by atoms with Gasteiger partial charge in [-0.25, -0.2) is 14.2 Å². The molecule has 0 fully saturated rings. The van der Waals surface area contributed by atoms with Gasteiger partial charge >= 0.3 is 5.97 Å². The summed E-state index contributed by atoms with van der Waals surface area (Å²) in [6.07, 6.45) is 1.98. The van der Waals surface area contributed by atoms with Crippen LogP contribution in [-0.2, 0) is 20.8 Å². The van der Waals surface area contributed by atoms with Crippen molar-refractivity contribution < 1.29 is 28.5 Å². The van der Waals surface area contributed by atoms with Crippen molar-refractivity contribution >= 4 is 28.3 Å². The molecule has 1 aromatic carbocycles. The second kappa shape index (κ2) is 7.46. The summed E-state index contributed by atoms with van der Waals surface area (Å²) in [5.41, 5.74) is 3.03. The van der Waals surface area contributed by atoms with E-state index in [2.05, 4.69) is 5.32 Å². The standard InChI is InChI=1S/C23H24FN3O5/c1-4-23(29)15-6-18-21-14(8-27(18)11-31-9-12(15)10-32-22(23)28)20(25-2)13-5-19(30-3)16(24)7-17(13)26-21/h5-7,29H,4,8-11H2,1-3H3,(H,25,26)/b18-6-/t23-/m0/s1. The number of methoxy groups -OCH3 is 1. The molecule has 3 aliphatic rings. The highest BCUT2D eigenvalue weighted by molar-refractivity contribution is 5.97. The van der Waals surface area contributed by atoms with Crippen LogP contribution >= 0.6 is 0 Å². The van der Waals surface area contributed by atoms with E-state index in [1.165, 1.54) is 13.2 Å². The maximum Gasteiger partial charge on any atom is 0.343 e. The van der Waals surface area contributed by atoms with Crippen LogP contribution in [-0.4, -0.2) is 60.7 Å². The van der Waals surface area contributed by atoms with Gasteiger partial charge in [0.2, 0.25) is 0 Å². The predicted octanol–water partition coefficient (Wildman–Crippen LogP) is 2.56. The summed E-state index contributed by atoms with van der Waals surface area (Å²) >= 11 is 0. The molecule has 0 bridgehead atoms. The Labute approximate surface area is 184 Å². The number of hydrogen-bond donors (Lipinski definition) is 2. The number of esters is 1. The SMILES string of the molecule is CC[C@@]1(O)C(=O)OCC2=C1/C=C1/c3nc4cc(F)c(OC)cc4c(NC)c3CN1COC2. The first-order chi connectivity index (χ1) is 15.4. The number of fused-ring (bicyclic) bond motifs is 4. The molecule has 0 amide bonds. The zero-order chi connectivity index (χ0) is 22.6. The number of hydrogen-bond acceptors (Lipinski definition) is 8.